The Bertz CT molecular complexity index is 672. The summed E-state index contributed by atoms with van der Waals surface area (Å²) in [7, 11) is 0. The summed E-state index contributed by atoms with van der Waals surface area (Å²) in [4.78, 5) is 11.8. The third-order valence-corrected chi connectivity index (χ3v) is 3.06. The Morgan fingerprint density at radius 3 is 2.65 bits per heavy atom. The van der Waals surface area contributed by atoms with Gasteiger partial charge in [-0.25, -0.2) is 5.43 Å². The number of phenols is 1. The van der Waals surface area contributed by atoms with Crippen LogP contribution in [0.1, 0.15) is 15.9 Å². The standard InChI is InChI=1S/C14H10Cl2N2O2/c15-10-5-6-11(13(19)7-10)14(20)18-17-8-9-3-1-2-4-12(9)16/h1-8,19H,(H,18,20). The highest BCUT2D eigenvalue weighted by atomic mass is 35.5. The zero-order valence-corrected chi connectivity index (χ0v) is 11.7. The molecule has 1 amide bonds. The first-order chi connectivity index (χ1) is 9.58. The van der Waals surface area contributed by atoms with E-state index in [1.807, 2.05) is 0 Å². The molecule has 20 heavy (non-hydrogen) atoms. The van der Waals surface area contributed by atoms with E-state index in [1.54, 1.807) is 24.3 Å². The van der Waals surface area contributed by atoms with Crippen LogP contribution in [0.3, 0.4) is 0 Å². The summed E-state index contributed by atoms with van der Waals surface area (Å²) in [5, 5.41) is 14.3. The monoisotopic (exact) mass is 308 g/mol. The van der Waals surface area contributed by atoms with Crippen LogP contribution in [0.15, 0.2) is 47.6 Å². The fourth-order valence-corrected chi connectivity index (χ4v) is 1.85. The SMILES string of the molecule is O=C(NN=Cc1ccccc1Cl)c1ccc(Cl)cc1O. The van der Waals surface area contributed by atoms with Crippen molar-refractivity contribution in [1.82, 2.24) is 5.43 Å². The normalized spacial score (nSPS) is 10.7. The van der Waals surface area contributed by atoms with Gasteiger partial charge in [-0.1, -0.05) is 41.4 Å². The fraction of sp³-hybridized carbons (Fsp3) is 0. The number of rotatable bonds is 3. The maximum Gasteiger partial charge on any atom is 0.275 e. The largest absolute Gasteiger partial charge is 0.507 e. The molecule has 0 radical (unpaired) electrons. The van der Waals surface area contributed by atoms with Crippen LogP contribution in [0.5, 0.6) is 5.75 Å². The Morgan fingerprint density at radius 1 is 1.20 bits per heavy atom. The number of nitrogens with zero attached hydrogens (tertiary/aromatic N) is 1. The lowest BCUT2D eigenvalue weighted by atomic mass is 10.2. The molecule has 0 aliphatic carbocycles. The molecule has 2 N–H and O–H groups in total. The smallest absolute Gasteiger partial charge is 0.275 e. The second-order valence-electron chi connectivity index (χ2n) is 3.88. The van der Waals surface area contributed by atoms with Gasteiger partial charge in [-0.3, -0.25) is 4.79 Å². The highest BCUT2D eigenvalue weighted by molar-refractivity contribution is 6.33. The summed E-state index contributed by atoms with van der Waals surface area (Å²) >= 11 is 11.6. The fourth-order valence-electron chi connectivity index (χ4n) is 1.50. The lowest BCUT2D eigenvalue weighted by molar-refractivity contribution is 0.0952. The zero-order valence-electron chi connectivity index (χ0n) is 10.2. The van der Waals surface area contributed by atoms with E-state index in [2.05, 4.69) is 10.5 Å². The van der Waals surface area contributed by atoms with Gasteiger partial charge in [0.05, 0.1) is 11.8 Å². The van der Waals surface area contributed by atoms with Crippen molar-refractivity contribution >= 4 is 35.3 Å². The van der Waals surface area contributed by atoms with Gasteiger partial charge in [0.25, 0.3) is 5.91 Å². The Balaban J connectivity index is 2.07. The molecule has 0 unspecified atom stereocenters. The molecule has 102 valence electrons. The number of benzene rings is 2. The van der Waals surface area contributed by atoms with Crippen LogP contribution < -0.4 is 5.43 Å². The van der Waals surface area contributed by atoms with Crippen LogP contribution in [0.2, 0.25) is 10.0 Å². The zero-order chi connectivity index (χ0) is 14.5. The Hall–Kier alpha value is -2.04. The minimum atomic E-state index is -0.539. The second-order valence-corrected chi connectivity index (χ2v) is 4.73. The van der Waals surface area contributed by atoms with Gasteiger partial charge in [0.2, 0.25) is 0 Å². The van der Waals surface area contributed by atoms with E-state index in [0.29, 0.717) is 15.6 Å². The molecule has 4 nitrogen and oxygen atoms in total. The topological polar surface area (TPSA) is 61.7 Å². The predicted octanol–water partition coefficient (Wildman–Crippen LogP) is 3.46. The quantitative estimate of drug-likeness (QED) is 0.674. The number of halogens is 2. The molecule has 0 atom stereocenters. The maximum atomic E-state index is 11.8. The van der Waals surface area contributed by atoms with E-state index in [4.69, 9.17) is 23.2 Å². The summed E-state index contributed by atoms with van der Waals surface area (Å²) in [6, 6.07) is 11.3. The van der Waals surface area contributed by atoms with Crippen LogP contribution in [0.4, 0.5) is 0 Å². The third kappa shape index (κ3) is 3.50. The Labute approximate surface area is 125 Å². The highest BCUT2D eigenvalue weighted by Gasteiger charge is 2.10. The van der Waals surface area contributed by atoms with Crippen molar-refractivity contribution in [2.24, 2.45) is 5.10 Å². The molecular formula is C14H10Cl2N2O2. The molecular weight excluding hydrogens is 299 g/mol. The first kappa shape index (κ1) is 14.4. The van der Waals surface area contributed by atoms with E-state index >= 15 is 0 Å². The summed E-state index contributed by atoms with van der Waals surface area (Å²) in [5.74, 6) is -0.745. The number of aromatic hydroxyl groups is 1. The van der Waals surface area contributed by atoms with Gasteiger partial charge in [0, 0.05) is 15.6 Å². The van der Waals surface area contributed by atoms with Gasteiger partial charge < -0.3 is 5.11 Å². The van der Waals surface area contributed by atoms with E-state index in [0.717, 1.165) is 0 Å². The maximum absolute atomic E-state index is 11.8. The number of amides is 1. The Morgan fingerprint density at radius 2 is 1.95 bits per heavy atom. The molecule has 0 spiro atoms. The number of hydrogen-bond acceptors (Lipinski definition) is 3. The minimum absolute atomic E-state index is 0.0886. The van der Waals surface area contributed by atoms with E-state index < -0.39 is 5.91 Å². The number of phenolic OH excluding ortho intramolecular Hbond substituents is 1. The molecule has 2 aromatic rings. The molecule has 0 aromatic heterocycles. The van der Waals surface area contributed by atoms with Gasteiger partial charge in [-0.05, 0) is 24.3 Å². The van der Waals surface area contributed by atoms with Gasteiger partial charge >= 0.3 is 0 Å². The van der Waals surface area contributed by atoms with Crippen molar-refractivity contribution in [3.8, 4) is 5.75 Å². The summed E-state index contributed by atoms with van der Waals surface area (Å²) in [5.41, 5.74) is 3.07. The van der Waals surface area contributed by atoms with Gasteiger partial charge in [-0.15, -0.1) is 0 Å². The number of hydrogen-bond donors (Lipinski definition) is 2. The van der Waals surface area contributed by atoms with Crippen molar-refractivity contribution in [3.63, 3.8) is 0 Å². The molecule has 0 aliphatic rings. The number of hydrazone groups is 1. The predicted molar refractivity (Wildman–Crippen MR) is 79.6 cm³/mol. The Kier molecular flexibility index (Phi) is 4.61. The molecule has 0 saturated carbocycles. The van der Waals surface area contributed by atoms with E-state index in [-0.39, 0.29) is 11.3 Å². The third-order valence-electron chi connectivity index (χ3n) is 2.48. The average molecular weight is 309 g/mol. The number of carbonyl (C=O) groups is 1. The molecule has 2 rings (SSSR count). The first-order valence-electron chi connectivity index (χ1n) is 5.64. The average Bonchev–Trinajstić information content (AvgIpc) is 2.40. The molecule has 0 bridgehead atoms. The molecule has 6 heteroatoms. The van der Waals surface area contributed by atoms with Crippen LogP contribution in [-0.2, 0) is 0 Å². The van der Waals surface area contributed by atoms with Crippen molar-refractivity contribution < 1.29 is 9.90 Å². The highest BCUT2D eigenvalue weighted by Crippen LogP contribution is 2.21. The van der Waals surface area contributed by atoms with Crippen molar-refractivity contribution in [1.29, 1.82) is 0 Å². The molecule has 0 fully saturated rings. The second kappa shape index (κ2) is 6.41. The van der Waals surface area contributed by atoms with Crippen molar-refractivity contribution in [2.45, 2.75) is 0 Å². The number of carbonyl (C=O) groups excluding carboxylic acids is 1. The minimum Gasteiger partial charge on any atom is -0.507 e. The van der Waals surface area contributed by atoms with E-state index in [9.17, 15) is 9.90 Å². The molecule has 0 aliphatic heterocycles. The first-order valence-corrected chi connectivity index (χ1v) is 6.40. The van der Waals surface area contributed by atoms with Gasteiger partial charge in [-0.2, -0.15) is 5.10 Å². The molecule has 0 saturated heterocycles. The molecule has 0 heterocycles. The summed E-state index contributed by atoms with van der Waals surface area (Å²) in [6.45, 7) is 0. The summed E-state index contributed by atoms with van der Waals surface area (Å²) < 4.78 is 0. The lowest BCUT2D eigenvalue weighted by Crippen LogP contribution is -2.17. The van der Waals surface area contributed by atoms with Crippen molar-refractivity contribution in [3.05, 3.63) is 63.6 Å². The lowest BCUT2D eigenvalue weighted by Gasteiger charge is -2.03. The van der Waals surface area contributed by atoms with Crippen molar-refractivity contribution in [2.75, 3.05) is 0 Å². The van der Waals surface area contributed by atoms with Gasteiger partial charge in [0.15, 0.2) is 0 Å². The van der Waals surface area contributed by atoms with Gasteiger partial charge in [0.1, 0.15) is 5.75 Å². The van der Waals surface area contributed by atoms with Crippen LogP contribution in [0, 0.1) is 0 Å². The van der Waals surface area contributed by atoms with E-state index in [1.165, 1.54) is 24.4 Å². The van der Waals surface area contributed by atoms with Crippen LogP contribution in [0.25, 0.3) is 0 Å². The van der Waals surface area contributed by atoms with Crippen LogP contribution >= 0.6 is 23.2 Å². The molecule has 2 aromatic carbocycles. The van der Waals surface area contributed by atoms with Crippen LogP contribution in [-0.4, -0.2) is 17.2 Å². The number of nitrogens with one attached hydrogen (secondary N) is 1. The summed E-state index contributed by atoms with van der Waals surface area (Å²) in [6.07, 6.45) is 1.42.